The minimum absolute atomic E-state index is 0. The Bertz CT molecular complexity index is 1590. The third kappa shape index (κ3) is 15.4. The Balaban J connectivity index is 0.000000393. The second-order valence-electron chi connectivity index (χ2n) is 10.6. The van der Waals surface area contributed by atoms with Crippen LogP contribution in [0.15, 0.2) is 109 Å². The van der Waals surface area contributed by atoms with Gasteiger partial charge in [-0.25, -0.2) is 0 Å². The molecular formula is C36H30F6N4O4Pd2S2. The topological polar surface area (TPSA) is 93.2 Å². The third-order valence-electron chi connectivity index (χ3n) is 6.87. The molecule has 6 rings (SSSR count). The maximum absolute atomic E-state index is 10.5. The molecule has 2 heterocycles. The van der Waals surface area contributed by atoms with Gasteiger partial charge in [-0.05, 0) is 48.5 Å². The summed E-state index contributed by atoms with van der Waals surface area (Å²) in [7, 11) is 0. The first-order valence-corrected chi connectivity index (χ1v) is 16.4. The van der Waals surface area contributed by atoms with Gasteiger partial charge >= 0.3 is 53.2 Å². The summed E-state index contributed by atoms with van der Waals surface area (Å²) < 4.78 is 63.1. The predicted molar refractivity (Wildman–Crippen MR) is 186 cm³/mol. The molecule has 0 bridgehead atoms. The van der Waals surface area contributed by atoms with Crippen LogP contribution in [0.3, 0.4) is 0 Å². The summed E-state index contributed by atoms with van der Waals surface area (Å²) >= 11 is 10.2. The molecule has 0 atom stereocenters. The molecular weight excluding hydrogens is 943 g/mol. The summed E-state index contributed by atoms with van der Waals surface area (Å²) in [6, 6.07) is 37.7. The van der Waals surface area contributed by atoms with Crippen molar-refractivity contribution >= 4 is 59.9 Å². The van der Waals surface area contributed by atoms with Gasteiger partial charge in [0.15, 0.2) is 0 Å². The van der Waals surface area contributed by atoms with Crippen LogP contribution in [-0.4, -0.2) is 48.9 Å². The van der Waals surface area contributed by atoms with E-state index < -0.39 is 24.3 Å². The van der Waals surface area contributed by atoms with Crippen LogP contribution in [0.25, 0.3) is 0 Å². The molecule has 0 saturated heterocycles. The number of nitrogens with zero attached hydrogens (tertiary/aromatic N) is 4. The van der Waals surface area contributed by atoms with Gasteiger partial charge in [0.05, 0.1) is 22.7 Å². The van der Waals surface area contributed by atoms with Crippen LogP contribution in [0.1, 0.15) is 11.1 Å². The molecule has 0 spiro atoms. The quantitative estimate of drug-likeness (QED) is 0.141. The number of halogens is 6. The second kappa shape index (κ2) is 23.5. The van der Waals surface area contributed by atoms with E-state index in [1.165, 1.54) is 33.9 Å². The number of hydrogen-bond acceptors (Lipinski definition) is 10. The van der Waals surface area contributed by atoms with Gasteiger partial charge in [0.2, 0.25) is 13.3 Å². The molecule has 292 valence electrons. The van der Waals surface area contributed by atoms with Crippen molar-refractivity contribution in [3.8, 4) is 0 Å². The number of carbonyl (C=O) groups is 2. The second-order valence-corrected chi connectivity index (χ2v) is 11.4. The summed E-state index contributed by atoms with van der Waals surface area (Å²) in [5, 5.41) is 17.6. The van der Waals surface area contributed by atoms with Gasteiger partial charge in [0, 0.05) is 13.1 Å². The Morgan fingerprint density at radius 3 is 0.981 bits per heavy atom. The minimum Gasteiger partial charge on any atom is -0.791 e. The molecule has 2 aliphatic rings. The van der Waals surface area contributed by atoms with Crippen molar-refractivity contribution in [3.63, 3.8) is 0 Å². The fourth-order valence-electron chi connectivity index (χ4n) is 4.64. The van der Waals surface area contributed by atoms with Crippen LogP contribution in [0.4, 0.5) is 49.1 Å². The maximum atomic E-state index is 10.5. The summed E-state index contributed by atoms with van der Waals surface area (Å²) in [6.45, 7) is 10.2. The molecule has 18 heteroatoms. The SMILES string of the molecule is O=C([O-])C(F)(F)F.O=C([O-])C(F)(F)F.[Pd+2].[Pd+2].[S-]CCN1[C]N(Cc2ccccc2)c2ccccc21.[S-]CCN1[C]N(Cc2ccccc2)c2ccccc21. The van der Waals surface area contributed by atoms with E-state index >= 15 is 0 Å². The average Bonchev–Trinajstić information content (AvgIpc) is 3.63. The number of para-hydroxylation sites is 4. The number of carboxylic acids is 2. The van der Waals surface area contributed by atoms with Gasteiger partial charge in [-0.1, -0.05) is 84.9 Å². The van der Waals surface area contributed by atoms with Crippen molar-refractivity contribution in [2.45, 2.75) is 25.4 Å². The first-order valence-electron chi connectivity index (χ1n) is 15.3. The number of rotatable bonds is 8. The number of aliphatic carboxylic acids is 2. The van der Waals surface area contributed by atoms with Crippen LogP contribution in [0.2, 0.25) is 0 Å². The number of fused-ring (bicyclic) bond motifs is 2. The number of carbonyl (C=O) groups excluding carboxylic acids is 2. The first-order chi connectivity index (χ1) is 24.6. The van der Waals surface area contributed by atoms with E-state index in [2.05, 4.69) is 130 Å². The standard InChI is InChI=1S/2C16H16N2S.2C2HF3O2.2Pd/c2*19-11-10-17-13-18(12-14-6-2-1-3-7-14)16-9-5-4-8-15(16)17;2*3-2(4,5)1(6)7;;/h2*1-9,19H,10-12H2;2*(H,6,7);;/q;;;;2*+2/p-4. The van der Waals surface area contributed by atoms with Crippen molar-refractivity contribution in [2.24, 2.45) is 0 Å². The maximum Gasteiger partial charge on any atom is 2.00 e. The van der Waals surface area contributed by atoms with Crippen molar-refractivity contribution in [1.82, 2.24) is 0 Å². The molecule has 54 heavy (non-hydrogen) atoms. The molecule has 8 nitrogen and oxygen atoms in total. The summed E-state index contributed by atoms with van der Waals surface area (Å²) in [5.41, 5.74) is 7.37. The molecule has 0 aromatic heterocycles. The number of carboxylic acid groups (broad SMARTS) is 2. The molecule has 0 saturated carbocycles. The predicted octanol–water partition coefficient (Wildman–Crippen LogP) is 4.70. The van der Waals surface area contributed by atoms with Gasteiger partial charge in [0.1, 0.15) is 11.9 Å². The van der Waals surface area contributed by atoms with Crippen molar-refractivity contribution in [2.75, 3.05) is 44.2 Å². The summed E-state index contributed by atoms with van der Waals surface area (Å²) in [6.07, 6.45) is -10.4. The Labute approximate surface area is 348 Å². The van der Waals surface area contributed by atoms with E-state index in [0.717, 1.165) is 26.2 Å². The fourth-order valence-corrected chi connectivity index (χ4v) is 5.01. The average molecular weight is 974 g/mol. The first kappa shape index (κ1) is 48.6. The monoisotopic (exact) mass is 972 g/mol. The van der Waals surface area contributed by atoms with E-state index in [1.54, 1.807) is 0 Å². The van der Waals surface area contributed by atoms with Crippen molar-refractivity contribution in [1.29, 1.82) is 0 Å². The number of benzene rings is 4. The largest absolute Gasteiger partial charge is 2.00 e. The van der Waals surface area contributed by atoms with Crippen LogP contribution in [0, 0.1) is 13.3 Å². The third-order valence-corrected chi connectivity index (χ3v) is 7.23. The zero-order valence-electron chi connectivity index (χ0n) is 27.8. The molecule has 2 aliphatic heterocycles. The summed E-state index contributed by atoms with van der Waals surface area (Å²) in [5.74, 6) is -4.60. The van der Waals surface area contributed by atoms with E-state index in [0.29, 0.717) is 11.5 Å². The zero-order chi connectivity index (χ0) is 38.3. The molecule has 4 radical (unpaired) electrons. The van der Waals surface area contributed by atoms with Crippen molar-refractivity contribution < 1.29 is 87.0 Å². The van der Waals surface area contributed by atoms with Crippen LogP contribution >= 0.6 is 0 Å². The zero-order valence-corrected chi connectivity index (χ0v) is 32.5. The molecule has 0 amide bonds. The van der Waals surface area contributed by atoms with Gasteiger partial charge in [-0.3, -0.25) is 0 Å². The van der Waals surface area contributed by atoms with Gasteiger partial charge in [-0.15, -0.1) is 0 Å². The normalized spacial score (nSPS) is 12.6. The van der Waals surface area contributed by atoms with E-state index in [1.807, 2.05) is 12.1 Å². The van der Waals surface area contributed by atoms with Crippen LogP contribution in [-0.2, 0) is 88.8 Å². The summed E-state index contributed by atoms with van der Waals surface area (Å²) in [4.78, 5) is 26.1. The number of anilines is 4. The van der Waals surface area contributed by atoms with E-state index in [-0.39, 0.29) is 40.8 Å². The van der Waals surface area contributed by atoms with E-state index in [9.17, 15) is 26.3 Å². The van der Waals surface area contributed by atoms with Gasteiger partial charge in [-0.2, -0.15) is 37.8 Å². The molecule has 0 N–H and O–H groups in total. The van der Waals surface area contributed by atoms with Gasteiger partial charge < -0.3 is 64.7 Å². The molecule has 4 aromatic rings. The van der Waals surface area contributed by atoms with Gasteiger partial charge in [0.25, 0.3) is 0 Å². The molecule has 4 aromatic carbocycles. The number of alkyl halides is 6. The molecule has 0 aliphatic carbocycles. The Morgan fingerprint density at radius 2 is 0.741 bits per heavy atom. The number of hydrogen-bond donors (Lipinski definition) is 0. The minimum atomic E-state index is -5.19. The smallest absolute Gasteiger partial charge is 0.791 e. The van der Waals surface area contributed by atoms with Crippen LogP contribution < -0.4 is 29.8 Å². The Hall–Kier alpha value is -3.38. The Kier molecular flexibility index (Phi) is 21.2. The van der Waals surface area contributed by atoms with Crippen LogP contribution in [0.5, 0.6) is 0 Å². The molecule has 0 fully saturated rings. The fraction of sp³-hybridized carbons (Fsp3) is 0.222. The van der Waals surface area contributed by atoms with Crippen molar-refractivity contribution in [3.05, 3.63) is 134 Å². The molecule has 0 unspecified atom stereocenters. The van der Waals surface area contributed by atoms with E-state index in [4.69, 9.17) is 45.1 Å². The Morgan fingerprint density at radius 1 is 0.500 bits per heavy atom.